The predicted molar refractivity (Wildman–Crippen MR) is 73.7 cm³/mol. The molecule has 0 aromatic heterocycles. The normalized spacial score (nSPS) is 10.2. The van der Waals surface area contributed by atoms with Crippen LogP contribution >= 0.6 is 0 Å². The van der Waals surface area contributed by atoms with Gasteiger partial charge < -0.3 is 9.47 Å². The van der Waals surface area contributed by atoms with E-state index in [4.69, 9.17) is 9.47 Å². The zero-order valence-corrected chi connectivity index (χ0v) is 11.4. The fourth-order valence-electron chi connectivity index (χ4n) is 1.78. The van der Waals surface area contributed by atoms with E-state index in [1.54, 1.807) is 18.2 Å². The molecule has 0 heterocycles. The predicted octanol–water partition coefficient (Wildman–Crippen LogP) is 3.76. The van der Waals surface area contributed by atoms with Gasteiger partial charge in [0.25, 0.3) is 0 Å². The van der Waals surface area contributed by atoms with E-state index in [0.717, 1.165) is 12.1 Å². The highest BCUT2D eigenvalue weighted by atomic mass is 19.2. The van der Waals surface area contributed by atoms with Crippen molar-refractivity contribution in [1.82, 2.24) is 0 Å². The van der Waals surface area contributed by atoms with E-state index in [9.17, 15) is 13.6 Å². The van der Waals surface area contributed by atoms with Crippen LogP contribution in [0.25, 0.3) is 0 Å². The van der Waals surface area contributed by atoms with E-state index < -0.39 is 11.6 Å². The molecule has 110 valence electrons. The molecule has 0 N–H and O–H groups in total. The van der Waals surface area contributed by atoms with Crippen molar-refractivity contribution >= 4 is 6.29 Å². The molecule has 2 aromatic rings. The molecule has 0 radical (unpaired) electrons. The maximum atomic E-state index is 13.1. The Bertz CT molecular complexity index is 641. The van der Waals surface area contributed by atoms with Gasteiger partial charge in [-0.2, -0.15) is 0 Å². The molecule has 2 rings (SSSR count). The van der Waals surface area contributed by atoms with Gasteiger partial charge in [0.05, 0.1) is 6.61 Å². The maximum absolute atomic E-state index is 13.1. The molecule has 3 nitrogen and oxygen atoms in total. The molecule has 0 aliphatic heterocycles. The molecular formula is C16H14F2O3. The van der Waals surface area contributed by atoms with Crippen LogP contribution in [-0.4, -0.2) is 12.9 Å². The topological polar surface area (TPSA) is 35.5 Å². The lowest BCUT2D eigenvalue weighted by molar-refractivity contribution is 0.112. The monoisotopic (exact) mass is 292 g/mol. The van der Waals surface area contributed by atoms with Crippen LogP contribution in [0.1, 0.15) is 22.8 Å². The maximum Gasteiger partial charge on any atom is 0.161 e. The zero-order chi connectivity index (χ0) is 15.2. The summed E-state index contributed by atoms with van der Waals surface area (Å²) in [6, 6.07) is 8.34. The van der Waals surface area contributed by atoms with Gasteiger partial charge in [-0.3, -0.25) is 4.79 Å². The molecule has 0 aliphatic carbocycles. The van der Waals surface area contributed by atoms with Gasteiger partial charge in [-0.25, -0.2) is 8.78 Å². The van der Waals surface area contributed by atoms with E-state index in [2.05, 4.69) is 0 Å². The van der Waals surface area contributed by atoms with Gasteiger partial charge in [0.1, 0.15) is 12.9 Å². The molecule has 5 heteroatoms. The minimum atomic E-state index is -0.919. The first-order chi connectivity index (χ1) is 10.1. The second kappa shape index (κ2) is 6.83. The average Bonchev–Trinajstić information content (AvgIpc) is 2.49. The number of carbonyl (C=O) groups excluding carboxylic acids is 1. The standard InChI is InChI=1S/C16H14F2O3/c1-2-20-16-8-11(9-19)4-6-15(16)21-10-12-3-5-13(17)14(18)7-12/h3-9H,2,10H2,1H3. The first kappa shape index (κ1) is 15.0. The number of benzene rings is 2. The Balaban J connectivity index is 2.14. The third-order valence-corrected chi connectivity index (χ3v) is 2.78. The smallest absolute Gasteiger partial charge is 0.161 e. The van der Waals surface area contributed by atoms with Gasteiger partial charge in [-0.1, -0.05) is 6.07 Å². The van der Waals surface area contributed by atoms with E-state index in [1.807, 2.05) is 6.92 Å². The summed E-state index contributed by atoms with van der Waals surface area (Å²) >= 11 is 0. The summed E-state index contributed by atoms with van der Waals surface area (Å²) in [5.74, 6) is -0.946. The molecule has 0 saturated carbocycles. The molecule has 0 atom stereocenters. The van der Waals surface area contributed by atoms with E-state index in [0.29, 0.717) is 35.5 Å². The second-order valence-electron chi connectivity index (χ2n) is 4.29. The summed E-state index contributed by atoms with van der Waals surface area (Å²) in [4.78, 5) is 10.7. The fourth-order valence-corrected chi connectivity index (χ4v) is 1.78. The van der Waals surface area contributed by atoms with Gasteiger partial charge in [-0.05, 0) is 42.8 Å². The van der Waals surface area contributed by atoms with E-state index >= 15 is 0 Å². The Morgan fingerprint density at radius 3 is 2.48 bits per heavy atom. The molecule has 0 amide bonds. The Kier molecular flexibility index (Phi) is 4.87. The average molecular weight is 292 g/mol. The minimum Gasteiger partial charge on any atom is -0.490 e. The first-order valence-electron chi connectivity index (χ1n) is 6.42. The van der Waals surface area contributed by atoms with Crippen LogP contribution < -0.4 is 9.47 Å². The van der Waals surface area contributed by atoms with Gasteiger partial charge in [0.15, 0.2) is 23.1 Å². The highest BCUT2D eigenvalue weighted by Gasteiger charge is 2.08. The molecule has 0 fully saturated rings. The van der Waals surface area contributed by atoms with E-state index in [1.165, 1.54) is 6.07 Å². The summed E-state index contributed by atoms with van der Waals surface area (Å²) < 4.78 is 36.9. The molecule has 0 bridgehead atoms. The fraction of sp³-hybridized carbons (Fsp3) is 0.188. The number of hydrogen-bond acceptors (Lipinski definition) is 3. The van der Waals surface area contributed by atoms with Crippen molar-refractivity contribution in [1.29, 1.82) is 0 Å². The van der Waals surface area contributed by atoms with Crippen LogP contribution in [0, 0.1) is 11.6 Å². The van der Waals surface area contributed by atoms with Gasteiger partial charge in [-0.15, -0.1) is 0 Å². The lowest BCUT2D eigenvalue weighted by Gasteiger charge is -2.12. The Morgan fingerprint density at radius 2 is 1.81 bits per heavy atom. The zero-order valence-electron chi connectivity index (χ0n) is 11.4. The number of ether oxygens (including phenoxy) is 2. The lowest BCUT2D eigenvalue weighted by Crippen LogP contribution is -2.01. The largest absolute Gasteiger partial charge is 0.490 e. The molecular weight excluding hydrogens is 278 g/mol. The molecule has 21 heavy (non-hydrogen) atoms. The number of halogens is 2. The van der Waals surface area contributed by atoms with Gasteiger partial charge in [0.2, 0.25) is 0 Å². The van der Waals surface area contributed by atoms with Crippen LogP contribution in [0.5, 0.6) is 11.5 Å². The summed E-state index contributed by atoms with van der Waals surface area (Å²) in [5, 5.41) is 0. The number of aldehydes is 1. The van der Waals surface area contributed by atoms with Crippen molar-refractivity contribution in [3.8, 4) is 11.5 Å². The highest BCUT2D eigenvalue weighted by molar-refractivity contribution is 5.76. The van der Waals surface area contributed by atoms with Crippen LogP contribution in [0.15, 0.2) is 36.4 Å². The Labute approximate surface area is 121 Å². The number of hydrogen-bond donors (Lipinski definition) is 0. The molecule has 0 saturated heterocycles. The van der Waals surface area contributed by atoms with Crippen molar-refractivity contribution < 1.29 is 23.0 Å². The van der Waals surface area contributed by atoms with Gasteiger partial charge >= 0.3 is 0 Å². The highest BCUT2D eigenvalue weighted by Crippen LogP contribution is 2.29. The number of carbonyl (C=O) groups is 1. The Morgan fingerprint density at radius 1 is 1.00 bits per heavy atom. The molecule has 0 spiro atoms. The van der Waals surface area contributed by atoms with E-state index in [-0.39, 0.29) is 6.61 Å². The molecule has 0 aliphatic rings. The van der Waals surface area contributed by atoms with Crippen molar-refractivity contribution in [3.63, 3.8) is 0 Å². The summed E-state index contributed by atoms with van der Waals surface area (Å²) in [6.45, 7) is 2.30. The van der Waals surface area contributed by atoms with Crippen molar-refractivity contribution in [2.24, 2.45) is 0 Å². The molecule has 2 aromatic carbocycles. The van der Waals surface area contributed by atoms with Crippen molar-refractivity contribution in [3.05, 3.63) is 59.2 Å². The van der Waals surface area contributed by atoms with Crippen LogP contribution in [-0.2, 0) is 6.61 Å². The third kappa shape index (κ3) is 3.78. The minimum absolute atomic E-state index is 0.0672. The second-order valence-corrected chi connectivity index (χ2v) is 4.29. The Hall–Kier alpha value is -2.43. The van der Waals surface area contributed by atoms with Crippen LogP contribution in [0.3, 0.4) is 0 Å². The molecule has 0 unspecified atom stereocenters. The first-order valence-corrected chi connectivity index (χ1v) is 6.42. The lowest BCUT2D eigenvalue weighted by atomic mass is 10.2. The third-order valence-electron chi connectivity index (χ3n) is 2.78. The van der Waals surface area contributed by atoms with Crippen molar-refractivity contribution in [2.75, 3.05) is 6.61 Å². The summed E-state index contributed by atoms with van der Waals surface area (Å²) in [5.41, 5.74) is 0.967. The summed E-state index contributed by atoms with van der Waals surface area (Å²) in [7, 11) is 0. The van der Waals surface area contributed by atoms with Crippen LogP contribution in [0.2, 0.25) is 0 Å². The van der Waals surface area contributed by atoms with Gasteiger partial charge in [0, 0.05) is 5.56 Å². The SMILES string of the molecule is CCOc1cc(C=O)ccc1OCc1ccc(F)c(F)c1. The quantitative estimate of drug-likeness (QED) is 0.761. The van der Waals surface area contributed by atoms with Crippen molar-refractivity contribution in [2.45, 2.75) is 13.5 Å². The van der Waals surface area contributed by atoms with Crippen LogP contribution in [0.4, 0.5) is 8.78 Å². The summed E-state index contributed by atoms with van der Waals surface area (Å²) in [6.07, 6.45) is 0.710. The number of rotatable bonds is 6.